The van der Waals surface area contributed by atoms with Gasteiger partial charge >= 0.3 is 0 Å². The summed E-state index contributed by atoms with van der Waals surface area (Å²) in [5, 5.41) is 0. The van der Waals surface area contributed by atoms with Crippen molar-refractivity contribution in [1.82, 2.24) is 0 Å². The molecule has 0 radical (unpaired) electrons. The third-order valence-electron chi connectivity index (χ3n) is 11.9. The van der Waals surface area contributed by atoms with Gasteiger partial charge in [-0.15, -0.1) is 6.42 Å². The Labute approximate surface area is 347 Å². The molecule has 2 heteroatoms. The fraction of sp³-hybridized carbons (Fsp3) is 0.0526. The van der Waals surface area contributed by atoms with Crippen LogP contribution in [0.2, 0.25) is 0 Å². The Kier molecular flexibility index (Phi) is 9.33. The Balaban J connectivity index is 1.22. The normalized spacial score (nSPS) is 13.6. The van der Waals surface area contributed by atoms with Gasteiger partial charge in [-0.25, -0.2) is 0 Å². The quantitative estimate of drug-likeness (QED) is 0.113. The van der Waals surface area contributed by atoms with E-state index in [0.29, 0.717) is 0 Å². The van der Waals surface area contributed by atoms with Crippen LogP contribution < -0.4 is 9.80 Å². The van der Waals surface area contributed by atoms with E-state index in [4.69, 9.17) is 6.42 Å². The van der Waals surface area contributed by atoms with Crippen LogP contribution in [-0.4, -0.2) is 6.54 Å². The highest BCUT2D eigenvalue weighted by Crippen LogP contribution is 2.63. The first kappa shape index (κ1) is 35.8. The summed E-state index contributed by atoms with van der Waals surface area (Å²) in [5.74, 6) is 2.75. The molecule has 0 aliphatic carbocycles. The Bertz CT molecular complexity index is 2740. The first-order valence-electron chi connectivity index (χ1n) is 20.4. The van der Waals surface area contributed by atoms with E-state index in [1.807, 2.05) is 12.1 Å². The van der Waals surface area contributed by atoms with Crippen molar-refractivity contribution >= 4 is 34.0 Å². The fourth-order valence-electron chi connectivity index (χ4n) is 9.32. The Morgan fingerprint density at radius 2 is 0.949 bits per heavy atom. The molecule has 0 amide bonds. The van der Waals surface area contributed by atoms with Gasteiger partial charge in [0, 0.05) is 23.6 Å². The molecule has 8 aromatic carbocycles. The number of nitrogens with zero attached hydrogens (tertiary/aromatic N) is 2. The van der Waals surface area contributed by atoms with Gasteiger partial charge in [0.25, 0.3) is 0 Å². The zero-order chi connectivity index (χ0) is 39.6. The number of terminal acetylenes is 1. The van der Waals surface area contributed by atoms with E-state index in [0.717, 1.165) is 29.8 Å². The largest absolute Gasteiger partial charge is 0.341 e. The highest BCUT2D eigenvalue weighted by atomic mass is 15.2. The maximum absolute atomic E-state index is 5.78. The van der Waals surface area contributed by atoms with E-state index in [1.54, 1.807) is 0 Å². The van der Waals surface area contributed by atoms with Gasteiger partial charge in [-0.05, 0) is 117 Å². The smallest absolute Gasteiger partial charge is 0.0783 e. The van der Waals surface area contributed by atoms with Gasteiger partial charge in [-0.2, -0.15) is 0 Å². The zero-order valence-corrected chi connectivity index (χ0v) is 32.7. The van der Waals surface area contributed by atoms with Crippen molar-refractivity contribution in [1.29, 1.82) is 0 Å². The summed E-state index contributed by atoms with van der Waals surface area (Å²) in [6.07, 6.45) is 12.9. The SMILES string of the molecule is C#C/C=C(\C=C/CCN1c2ccccc2C2(c3ccccc31)c1cc(-c3ccccc3)ccc1N(c1ccccc1)c1ccc(-c3ccccc3)cc12)c1ccccc1. The summed E-state index contributed by atoms with van der Waals surface area (Å²) >= 11 is 0. The second kappa shape index (κ2) is 15.4. The number of anilines is 5. The number of fused-ring (bicyclic) bond motifs is 8. The molecule has 2 aliphatic rings. The van der Waals surface area contributed by atoms with Crippen molar-refractivity contribution < 1.29 is 0 Å². The zero-order valence-electron chi connectivity index (χ0n) is 32.7. The second-order valence-corrected chi connectivity index (χ2v) is 15.1. The fourth-order valence-corrected chi connectivity index (χ4v) is 9.32. The number of hydrogen-bond donors (Lipinski definition) is 0. The van der Waals surface area contributed by atoms with Crippen LogP contribution in [0.4, 0.5) is 28.4 Å². The topological polar surface area (TPSA) is 6.48 Å². The van der Waals surface area contributed by atoms with Gasteiger partial charge in [0.15, 0.2) is 0 Å². The molecule has 0 saturated carbocycles. The average Bonchev–Trinajstić information content (AvgIpc) is 3.31. The number of para-hydroxylation sites is 3. The van der Waals surface area contributed by atoms with Gasteiger partial charge in [0.1, 0.15) is 0 Å². The van der Waals surface area contributed by atoms with Crippen molar-refractivity contribution in [2.75, 3.05) is 16.3 Å². The maximum Gasteiger partial charge on any atom is 0.0783 e. The third kappa shape index (κ3) is 6.16. The molecule has 0 atom stereocenters. The number of benzene rings is 8. The molecular formula is C57H42N2. The lowest BCUT2D eigenvalue weighted by Crippen LogP contribution is -2.43. The van der Waals surface area contributed by atoms with E-state index in [1.165, 1.54) is 67.3 Å². The molecule has 10 rings (SSSR count). The van der Waals surface area contributed by atoms with E-state index < -0.39 is 5.41 Å². The minimum Gasteiger partial charge on any atom is -0.341 e. The lowest BCUT2D eigenvalue weighted by molar-refractivity contribution is 0.706. The van der Waals surface area contributed by atoms with Crippen molar-refractivity contribution in [2.24, 2.45) is 0 Å². The predicted octanol–water partition coefficient (Wildman–Crippen LogP) is 14.3. The molecule has 280 valence electrons. The van der Waals surface area contributed by atoms with Crippen LogP contribution in [0.3, 0.4) is 0 Å². The molecule has 2 heterocycles. The Morgan fingerprint density at radius 3 is 1.47 bits per heavy atom. The lowest BCUT2D eigenvalue weighted by atomic mass is 9.59. The van der Waals surface area contributed by atoms with Gasteiger partial charge in [0.05, 0.1) is 16.8 Å². The van der Waals surface area contributed by atoms with E-state index >= 15 is 0 Å². The summed E-state index contributed by atoms with van der Waals surface area (Å²) in [6.45, 7) is 0.794. The summed E-state index contributed by atoms with van der Waals surface area (Å²) in [5.41, 5.74) is 17.2. The minimum absolute atomic E-state index is 0.652. The van der Waals surface area contributed by atoms with Crippen molar-refractivity contribution in [3.8, 4) is 34.6 Å². The number of hydrogen-bond acceptors (Lipinski definition) is 2. The monoisotopic (exact) mass is 754 g/mol. The molecule has 8 aromatic rings. The summed E-state index contributed by atoms with van der Waals surface area (Å²) in [4.78, 5) is 4.99. The van der Waals surface area contributed by atoms with Crippen LogP contribution in [0.1, 0.15) is 34.2 Å². The third-order valence-corrected chi connectivity index (χ3v) is 11.9. The van der Waals surface area contributed by atoms with Crippen LogP contribution in [0.25, 0.3) is 27.8 Å². The van der Waals surface area contributed by atoms with E-state index in [9.17, 15) is 0 Å². The lowest BCUT2D eigenvalue weighted by Gasteiger charge is -2.51. The standard InChI is InChI=1S/C57H42N2/c1-2-21-42(43-22-7-3-8-23-43)28-19-20-39-58-53-33-17-15-31-49(53)57(50-32-16-18-34-54(50)58)51-40-46(44-24-9-4-10-25-44)35-37-55(51)59(48-29-13-6-14-30-48)56-38-36-47(41-52(56)57)45-26-11-5-12-27-45/h1,3-19,21-38,40-41H,20,39H2/b28-19-,42-21+. The first-order valence-corrected chi connectivity index (χ1v) is 20.4. The van der Waals surface area contributed by atoms with Crippen LogP contribution >= 0.6 is 0 Å². The molecular weight excluding hydrogens is 713 g/mol. The molecule has 0 unspecified atom stereocenters. The van der Waals surface area contributed by atoms with Gasteiger partial charge in [-0.3, -0.25) is 0 Å². The molecule has 0 N–H and O–H groups in total. The summed E-state index contributed by atoms with van der Waals surface area (Å²) < 4.78 is 0. The summed E-state index contributed by atoms with van der Waals surface area (Å²) in [7, 11) is 0. The molecule has 59 heavy (non-hydrogen) atoms. The van der Waals surface area contributed by atoms with Crippen LogP contribution in [-0.2, 0) is 5.41 Å². The van der Waals surface area contributed by atoms with Gasteiger partial charge in [-0.1, -0.05) is 176 Å². The maximum atomic E-state index is 5.78. The Hall–Kier alpha value is -7.60. The minimum atomic E-state index is -0.652. The molecule has 0 fully saturated rings. The highest BCUT2D eigenvalue weighted by Gasteiger charge is 2.51. The number of rotatable bonds is 8. The Morgan fingerprint density at radius 1 is 0.475 bits per heavy atom. The molecule has 0 bridgehead atoms. The predicted molar refractivity (Wildman–Crippen MR) is 248 cm³/mol. The molecule has 2 aliphatic heterocycles. The highest BCUT2D eigenvalue weighted by molar-refractivity contribution is 5.96. The molecule has 0 aromatic heterocycles. The average molecular weight is 755 g/mol. The van der Waals surface area contributed by atoms with Crippen molar-refractivity contribution in [3.05, 3.63) is 252 Å². The van der Waals surface area contributed by atoms with Crippen molar-refractivity contribution in [2.45, 2.75) is 11.8 Å². The molecule has 2 nitrogen and oxygen atoms in total. The first-order chi connectivity index (χ1) is 29.3. The molecule has 0 saturated heterocycles. The van der Waals surface area contributed by atoms with E-state index in [-0.39, 0.29) is 0 Å². The van der Waals surface area contributed by atoms with Crippen LogP contribution in [0.15, 0.2) is 224 Å². The van der Waals surface area contributed by atoms with E-state index in [2.05, 4.69) is 228 Å². The van der Waals surface area contributed by atoms with Crippen LogP contribution in [0.5, 0.6) is 0 Å². The van der Waals surface area contributed by atoms with Gasteiger partial charge in [0.2, 0.25) is 0 Å². The second-order valence-electron chi connectivity index (χ2n) is 15.1. The summed E-state index contributed by atoms with van der Waals surface area (Å²) in [6, 6.07) is 75.1. The molecule has 1 spiro atoms. The number of allylic oxidation sites excluding steroid dienone is 3. The van der Waals surface area contributed by atoms with Crippen LogP contribution in [0, 0.1) is 12.3 Å². The van der Waals surface area contributed by atoms with Gasteiger partial charge < -0.3 is 9.80 Å². The van der Waals surface area contributed by atoms with Crippen molar-refractivity contribution in [3.63, 3.8) is 0 Å².